The maximum Gasteiger partial charge on any atom is 0.325 e. The number of carbonyl (C=O) groups excluding carboxylic acids is 3. The van der Waals surface area contributed by atoms with Gasteiger partial charge in [0.05, 0.1) is 11.4 Å². The van der Waals surface area contributed by atoms with Gasteiger partial charge in [0, 0.05) is 10.4 Å². The minimum absolute atomic E-state index is 0.202. The minimum Gasteiger partial charge on any atom is -0.319 e. The summed E-state index contributed by atoms with van der Waals surface area (Å²) in [7, 11) is 0. The average molecular weight is 346 g/mol. The number of thiophene rings is 2. The van der Waals surface area contributed by atoms with Crippen molar-refractivity contribution in [3.63, 3.8) is 0 Å². The number of aryl methyl sites for hydroxylation is 1. The summed E-state index contributed by atoms with van der Waals surface area (Å²) in [6.45, 7) is -0.202. The van der Waals surface area contributed by atoms with Crippen molar-refractivity contribution in [2.24, 2.45) is 0 Å². The van der Waals surface area contributed by atoms with E-state index in [4.69, 9.17) is 0 Å². The molecule has 2 aliphatic rings. The van der Waals surface area contributed by atoms with Crippen LogP contribution in [0.5, 0.6) is 0 Å². The molecule has 1 atom stereocenters. The highest BCUT2D eigenvalue weighted by atomic mass is 32.1. The van der Waals surface area contributed by atoms with Crippen LogP contribution in [-0.4, -0.2) is 29.2 Å². The van der Waals surface area contributed by atoms with Gasteiger partial charge >= 0.3 is 6.03 Å². The van der Waals surface area contributed by atoms with Crippen LogP contribution >= 0.6 is 22.7 Å². The second-order valence-electron chi connectivity index (χ2n) is 5.74. The van der Waals surface area contributed by atoms with Crippen molar-refractivity contribution in [1.29, 1.82) is 0 Å². The number of Topliss-reactive ketones (excluding diaryl/α,β-unsaturated/α-hetero) is 1. The molecule has 5 nitrogen and oxygen atoms in total. The lowest BCUT2D eigenvalue weighted by Gasteiger charge is -2.31. The fraction of sp³-hybridized carbons (Fsp3) is 0.312. The van der Waals surface area contributed by atoms with Gasteiger partial charge in [0.15, 0.2) is 5.78 Å². The number of nitrogens with zero attached hydrogens (tertiary/aromatic N) is 1. The maximum absolute atomic E-state index is 13.0. The first-order valence-corrected chi connectivity index (χ1v) is 9.15. The van der Waals surface area contributed by atoms with Crippen LogP contribution in [0.3, 0.4) is 0 Å². The monoisotopic (exact) mass is 346 g/mol. The highest BCUT2D eigenvalue weighted by Gasteiger charge is 2.54. The van der Waals surface area contributed by atoms with E-state index in [1.807, 2.05) is 11.4 Å². The summed E-state index contributed by atoms with van der Waals surface area (Å²) in [5, 5.41) is 6.62. The Morgan fingerprint density at radius 3 is 2.91 bits per heavy atom. The Kier molecular flexibility index (Phi) is 3.35. The molecular weight excluding hydrogens is 332 g/mol. The standard InChI is InChI=1S/C16H14N2O3S2/c19-11(13-4-2-7-22-13)9-18-14(20)16(17-15(18)21)6-1-3-12-10(16)5-8-23-12/h2,4-5,7-8H,1,3,6,9H2,(H,17,21)/t16-/m1/s1. The second-order valence-corrected chi connectivity index (χ2v) is 7.69. The molecule has 7 heteroatoms. The number of nitrogens with one attached hydrogen (secondary N) is 1. The van der Waals surface area contributed by atoms with Gasteiger partial charge in [-0.2, -0.15) is 0 Å². The number of hydrogen-bond donors (Lipinski definition) is 1. The van der Waals surface area contributed by atoms with Gasteiger partial charge in [-0.15, -0.1) is 22.7 Å². The number of rotatable bonds is 3. The van der Waals surface area contributed by atoms with Crippen LogP contribution in [0.4, 0.5) is 4.79 Å². The first-order chi connectivity index (χ1) is 11.1. The molecular formula is C16H14N2O3S2. The molecule has 1 N–H and O–H groups in total. The molecule has 1 fully saturated rings. The number of urea groups is 1. The molecule has 2 aromatic rings. The van der Waals surface area contributed by atoms with Gasteiger partial charge in [0.1, 0.15) is 5.54 Å². The number of fused-ring (bicyclic) bond motifs is 2. The van der Waals surface area contributed by atoms with Crippen LogP contribution < -0.4 is 5.32 Å². The summed E-state index contributed by atoms with van der Waals surface area (Å²) in [5.74, 6) is -0.506. The molecule has 2 aromatic heterocycles. The molecule has 0 radical (unpaired) electrons. The van der Waals surface area contributed by atoms with Gasteiger partial charge in [-0.3, -0.25) is 14.5 Å². The smallest absolute Gasteiger partial charge is 0.319 e. The highest BCUT2D eigenvalue weighted by molar-refractivity contribution is 7.12. The summed E-state index contributed by atoms with van der Waals surface area (Å²) in [6, 6.07) is 4.93. The number of amides is 3. The molecule has 1 aliphatic carbocycles. The predicted octanol–water partition coefficient (Wildman–Crippen LogP) is 2.78. The first-order valence-electron chi connectivity index (χ1n) is 7.39. The molecule has 0 saturated carbocycles. The zero-order valence-corrected chi connectivity index (χ0v) is 13.8. The van der Waals surface area contributed by atoms with Crippen molar-refractivity contribution in [2.75, 3.05) is 6.54 Å². The van der Waals surface area contributed by atoms with E-state index in [-0.39, 0.29) is 18.2 Å². The van der Waals surface area contributed by atoms with Crippen molar-refractivity contribution in [2.45, 2.75) is 24.8 Å². The Labute approximate surface area is 140 Å². The Bertz CT molecular complexity index is 796. The van der Waals surface area contributed by atoms with E-state index in [1.165, 1.54) is 11.3 Å². The Morgan fingerprint density at radius 2 is 2.13 bits per heavy atom. The molecule has 118 valence electrons. The molecule has 1 spiro atoms. The molecule has 3 amide bonds. The topological polar surface area (TPSA) is 66.5 Å². The third-order valence-corrected chi connectivity index (χ3v) is 6.33. The van der Waals surface area contributed by atoms with Crippen molar-refractivity contribution in [3.8, 4) is 0 Å². The second kappa shape index (κ2) is 5.28. The SMILES string of the molecule is O=C(CN1C(=O)N[C@@]2(CCCc3sccc32)C1=O)c1cccs1. The van der Waals surface area contributed by atoms with E-state index < -0.39 is 11.6 Å². The first kappa shape index (κ1) is 14.6. The third-order valence-electron chi connectivity index (χ3n) is 4.43. The van der Waals surface area contributed by atoms with Crippen molar-refractivity contribution in [1.82, 2.24) is 10.2 Å². The lowest BCUT2D eigenvalue weighted by atomic mass is 9.80. The summed E-state index contributed by atoms with van der Waals surface area (Å²) in [4.78, 5) is 40.3. The van der Waals surface area contributed by atoms with E-state index >= 15 is 0 Å². The minimum atomic E-state index is -0.972. The normalized spacial score (nSPS) is 23.2. The van der Waals surface area contributed by atoms with Gasteiger partial charge < -0.3 is 5.32 Å². The number of hydrogen-bond acceptors (Lipinski definition) is 5. The van der Waals surface area contributed by atoms with E-state index in [2.05, 4.69) is 5.32 Å². The van der Waals surface area contributed by atoms with Crippen molar-refractivity contribution < 1.29 is 14.4 Å². The lowest BCUT2D eigenvalue weighted by Crippen LogP contribution is -2.46. The number of ketones is 1. The quantitative estimate of drug-likeness (QED) is 0.686. The Hall–Kier alpha value is -1.99. The van der Waals surface area contributed by atoms with E-state index in [0.29, 0.717) is 11.3 Å². The van der Waals surface area contributed by atoms with Gasteiger partial charge in [-0.25, -0.2) is 4.79 Å². The number of carbonyl (C=O) groups is 3. The molecule has 23 heavy (non-hydrogen) atoms. The van der Waals surface area contributed by atoms with Gasteiger partial charge in [-0.1, -0.05) is 6.07 Å². The molecule has 1 saturated heterocycles. The van der Waals surface area contributed by atoms with E-state index in [9.17, 15) is 14.4 Å². The average Bonchev–Trinajstić information content (AvgIpc) is 3.25. The lowest BCUT2D eigenvalue weighted by molar-refractivity contribution is -0.131. The van der Waals surface area contributed by atoms with Crippen LogP contribution in [0.2, 0.25) is 0 Å². The summed E-state index contributed by atoms with van der Waals surface area (Å²) in [6.07, 6.45) is 2.38. The predicted molar refractivity (Wildman–Crippen MR) is 87.8 cm³/mol. The van der Waals surface area contributed by atoms with Crippen molar-refractivity contribution >= 4 is 40.4 Å². The summed E-state index contributed by atoms with van der Waals surface area (Å²) in [5.41, 5.74) is -0.0707. The van der Waals surface area contributed by atoms with Crippen LogP contribution in [0.1, 0.15) is 33.0 Å². The molecule has 1 aliphatic heterocycles. The Balaban J connectivity index is 1.64. The van der Waals surface area contributed by atoms with Crippen LogP contribution in [0.25, 0.3) is 0 Å². The number of imide groups is 1. The van der Waals surface area contributed by atoms with E-state index in [0.717, 1.165) is 28.2 Å². The zero-order valence-electron chi connectivity index (χ0n) is 12.2. The molecule has 0 aromatic carbocycles. The van der Waals surface area contributed by atoms with Gasteiger partial charge in [0.2, 0.25) is 0 Å². The molecule has 4 rings (SSSR count). The largest absolute Gasteiger partial charge is 0.325 e. The Morgan fingerprint density at radius 1 is 1.26 bits per heavy atom. The molecule has 3 heterocycles. The fourth-order valence-corrected chi connectivity index (χ4v) is 5.00. The van der Waals surface area contributed by atoms with Crippen molar-refractivity contribution in [3.05, 3.63) is 44.3 Å². The highest BCUT2D eigenvalue weighted by Crippen LogP contribution is 2.42. The van der Waals surface area contributed by atoms with Crippen LogP contribution in [-0.2, 0) is 16.8 Å². The summed E-state index contributed by atoms with van der Waals surface area (Å²) < 4.78 is 0. The third kappa shape index (κ3) is 2.14. The molecule has 0 bridgehead atoms. The van der Waals surface area contributed by atoms with E-state index in [1.54, 1.807) is 28.8 Å². The van der Waals surface area contributed by atoms with Crippen LogP contribution in [0.15, 0.2) is 29.0 Å². The zero-order chi connectivity index (χ0) is 16.0. The molecule has 0 unspecified atom stereocenters. The van der Waals surface area contributed by atoms with Gasteiger partial charge in [0.25, 0.3) is 5.91 Å². The van der Waals surface area contributed by atoms with Gasteiger partial charge in [-0.05, 0) is 42.2 Å². The summed E-state index contributed by atoms with van der Waals surface area (Å²) >= 11 is 2.93. The maximum atomic E-state index is 13.0. The van der Waals surface area contributed by atoms with Crippen LogP contribution in [0, 0.1) is 0 Å². The fourth-order valence-electron chi connectivity index (χ4n) is 3.34.